The van der Waals surface area contributed by atoms with Crippen LogP contribution in [0.3, 0.4) is 0 Å². The topological polar surface area (TPSA) is 42.0 Å². The first-order chi connectivity index (χ1) is 11.6. The molecule has 24 heavy (non-hydrogen) atoms. The Morgan fingerprint density at radius 3 is 2.50 bits per heavy atom. The molecular formula is C19H26N2O3. The first-order valence-electron chi connectivity index (χ1n) is 8.66. The minimum atomic E-state index is -0.122. The standard InChI is InChI=1S/C19H26N2O3/c1-15-18(24-12-11-23-15)19(22)20(2)13-16-7-3-4-8-17(16)14-21-9-5-6-10-21/h3-4,7-8H,5-6,9-14H2,1-2H3. The third-order valence-corrected chi connectivity index (χ3v) is 4.63. The summed E-state index contributed by atoms with van der Waals surface area (Å²) in [4.78, 5) is 16.8. The summed E-state index contributed by atoms with van der Waals surface area (Å²) in [6, 6.07) is 8.37. The van der Waals surface area contributed by atoms with E-state index in [0.717, 1.165) is 6.54 Å². The number of carbonyl (C=O) groups excluding carboxylic acids is 1. The molecular weight excluding hydrogens is 304 g/mol. The van der Waals surface area contributed by atoms with E-state index >= 15 is 0 Å². The first kappa shape index (κ1) is 16.8. The Morgan fingerprint density at radius 2 is 1.79 bits per heavy atom. The van der Waals surface area contributed by atoms with Crippen molar-refractivity contribution in [2.45, 2.75) is 32.9 Å². The van der Waals surface area contributed by atoms with Gasteiger partial charge in [0.15, 0.2) is 0 Å². The molecule has 3 rings (SSSR count). The zero-order valence-corrected chi connectivity index (χ0v) is 14.6. The van der Waals surface area contributed by atoms with Gasteiger partial charge in [-0.15, -0.1) is 0 Å². The van der Waals surface area contributed by atoms with Crippen LogP contribution in [-0.2, 0) is 27.4 Å². The van der Waals surface area contributed by atoms with Gasteiger partial charge in [0, 0.05) is 20.1 Å². The van der Waals surface area contributed by atoms with Crippen LogP contribution in [0.4, 0.5) is 0 Å². The molecule has 0 saturated carbocycles. The molecule has 0 aliphatic carbocycles. The molecule has 0 unspecified atom stereocenters. The Bertz CT molecular complexity index is 621. The van der Waals surface area contributed by atoms with Crippen LogP contribution in [0.5, 0.6) is 0 Å². The molecule has 0 atom stereocenters. The normalized spacial score (nSPS) is 18.2. The lowest BCUT2D eigenvalue weighted by Crippen LogP contribution is -2.32. The van der Waals surface area contributed by atoms with E-state index in [9.17, 15) is 4.79 Å². The largest absolute Gasteiger partial charge is 0.491 e. The second kappa shape index (κ2) is 7.71. The Balaban J connectivity index is 1.69. The van der Waals surface area contributed by atoms with Gasteiger partial charge in [0.2, 0.25) is 5.76 Å². The van der Waals surface area contributed by atoms with Crippen molar-refractivity contribution in [2.24, 2.45) is 0 Å². The molecule has 2 aliphatic heterocycles. The van der Waals surface area contributed by atoms with Crippen molar-refractivity contribution in [1.82, 2.24) is 9.80 Å². The minimum Gasteiger partial charge on any atom is -0.491 e. The van der Waals surface area contributed by atoms with Crippen LogP contribution >= 0.6 is 0 Å². The molecule has 2 aliphatic rings. The predicted molar refractivity (Wildman–Crippen MR) is 92.0 cm³/mol. The Kier molecular flexibility index (Phi) is 5.41. The van der Waals surface area contributed by atoms with Crippen molar-refractivity contribution in [3.63, 3.8) is 0 Å². The highest BCUT2D eigenvalue weighted by Crippen LogP contribution is 2.20. The van der Waals surface area contributed by atoms with Crippen LogP contribution in [0, 0.1) is 0 Å². The summed E-state index contributed by atoms with van der Waals surface area (Å²) in [5.74, 6) is 0.785. The fourth-order valence-corrected chi connectivity index (χ4v) is 3.27. The van der Waals surface area contributed by atoms with Crippen molar-refractivity contribution in [1.29, 1.82) is 0 Å². The maximum Gasteiger partial charge on any atom is 0.292 e. The number of allylic oxidation sites excluding steroid dienone is 1. The van der Waals surface area contributed by atoms with Gasteiger partial charge in [-0.1, -0.05) is 24.3 Å². The van der Waals surface area contributed by atoms with E-state index in [1.807, 2.05) is 13.1 Å². The fraction of sp³-hybridized carbons (Fsp3) is 0.526. The molecule has 0 N–H and O–H groups in total. The summed E-state index contributed by atoms with van der Waals surface area (Å²) in [5.41, 5.74) is 2.49. The van der Waals surface area contributed by atoms with Crippen LogP contribution < -0.4 is 0 Å². The summed E-state index contributed by atoms with van der Waals surface area (Å²) in [6.45, 7) is 6.58. The van der Waals surface area contributed by atoms with Crippen LogP contribution in [0.2, 0.25) is 0 Å². The lowest BCUT2D eigenvalue weighted by molar-refractivity contribution is -0.132. The maximum atomic E-state index is 12.6. The van der Waals surface area contributed by atoms with E-state index < -0.39 is 0 Å². The first-order valence-corrected chi connectivity index (χ1v) is 8.66. The molecule has 0 radical (unpaired) electrons. The molecule has 130 valence electrons. The van der Waals surface area contributed by atoms with Gasteiger partial charge < -0.3 is 14.4 Å². The summed E-state index contributed by atoms with van der Waals surface area (Å²) < 4.78 is 10.9. The Morgan fingerprint density at radius 1 is 1.12 bits per heavy atom. The monoisotopic (exact) mass is 330 g/mol. The van der Waals surface area contributed by atoms with E-state index in [2.05, 4.69) is 23.1 Å². The zero-order chi connectivity index (χ0) is 16.9. The molecule has 1 saturated heterocycles. The van der Waals surface area contributed by atoms with Crippen molar-refractivity contribution in [3.8, 4) is 0 Å². The second-order valence-corrected chi connectivity index (χ2v) is 6.50. The molecule has 1 aromatic carbocycles. The van der Waals surface area contributed by atoms with Gasteiger partial charge in [-0.05, 0) is 44.0 Å². The SMILES string of the molecule is CC1=C(C(=O)N(C)Cc2ccccc2CN2CCCC2)OCCO1. The number of hydrogen-bond donors (Lipinski definition) is 0. The minimum absolute atomic E-state index is 0.122. The molecule has 1 fully saturated rings. The van der Waals surface area contributed by atoms with Gasteiger partial charge in [-0.3, -0.25) is 9.69 Å². The number of hydrogen-bond acceptors (Lipinski definition) is 4. The van der Waals surface area contributed by atoms with Crippen LogP contribution in [-0.4, -0.2) is 49.1 Å². The second-order valence-electron chi connectivity index (χ2n) is 6.50. The Hall–Kier alpha value is -2.01. The molecule has 5 nitrogen and oxygen atoms in total. The number of nitrogens with zero attached hydrogens (tertiary/aromatic N) is 2. The molecule has 1 aromatic rings. The predicted octanol–water partition coefficient (Wildman–Crippen LogP) is 2.52. The fourth-order valence-electron chi connectivity index (χ4n) is 3.27. The molecule has 1 amide bonds. The number of likely N-dealkylation sites (tertiary alicyclic amines) is 1. The number of amides is 1. The average Bonchev–Trinajstić information content (AvgIpc) is 3.09. The highest BCUT2D eigenvalue weighted by molar-refractivity contribution is 5.91. The summed E-state index contributed by atoms with van der Waals surface area (Å²) in [5, 5.41) is 0. The van der Waals surface area contributed by atoms with E-state index in [4.69, 9.17) is 9.47 Å². The third kappa shape index (κ3) is 3.90. The molecule has 2 heterocycles. The molecule has 0 spiro atoms. The number of carbonyl (C=O) groups is 1. The van der Waals surface area contributed by atoms with Gasteiger partial charge in [0.05, 0.1) is 0 Å². The van der Waals surface area contributed by atoms with Crippen molar-refractivity contribution >= 4 is 5.91 Å². The van der Waals surface area contributed by atoms with E-state index in [1.165, 1.54) is 37.1 Å². The van der Waals surface area contributed by atoms with Gasteiger partial charge in [0.1, 0.15) is 19.0 Å². The lowest BCUT2D eigenvalue weighted by atomic mass is 10.1. The summed E-state index contributed by atoms with van der Waals surface area (Å²) in [7, 11) is 1.81. The number of ether oxygens (including phenoxy) is 2. The van der Waals surface area contributed by atoms with Crippen LogP contribution in [0.15, 0.2) is 35.8 Å². The Labute approximate surface area is 143 Å². The van der Waals surface area contributed by atoms with Crippen molar-refractivity contribution < 1.29 is 14.3 Å². The van der Waals surface area contributed by atoms with Crippen LogP contribution in [0.1, 0.15) is 30.9 Å². The highest BCUT2D eigenvalue weighted by atomic mass is 16.6. The zero-order valence-electron chi connectivity index (χ0n) is 14.6. The van der Waals surface area contributed by atoms with E-state index in [0.29, 0.717) is 31.3 Å². The number of rotatable bonds is 5. The average molecular weight is 330 g/mol. The van der Waals surface area contributed by atoms with E-state index in [-0.39, 0.29) is 5.91 Å². The van der Waals surface area contributed by atoms with Gasteiger partial charge in [-0.25, -0.2) is 0 Å². The highest BCUT2D eigenvalue weighted by Gasteiger charge is 2.24. The molecule has 0 bridgehead atoms. The molecule has 5 heteroatoms. The van der Waals surface area contributed by atoms with Gasteiger partial charge in [0.25, 0.3) is 5.91 Å². The third-order valence-electron chi connectivity index (χ3n) is 4.63. The smallest absolute Gasteiger partial charge is 0.292 e. The summed E-state index contributed by atoms with van der Waals surface area (Å²) >= 11 is 0. The van der Waals surface area contributed by atoms with E-state index in [1.54, 1.807) is 11.8 Å². The van der Waals surface area contributed by atoms with Crippen LogP contribution in [0.25, 0.3) is 0 Å². The number of benzene rings is 1. The van der Waals surface area contributed by atoms with Crippen molar-refractivity contribution in [3.05, 3.63) is 46.9 Å². The van der Waals surface area contributed by atoms with Gasteiger partial charge >= 0.3 is 0 Å². The van der Waals surface area contributed by atoms with Crippen molar-refractivity contribution in [2.75, 3.05) is 33.4 Å². The number of likely N-dealkylation sites (N-methyl/N-ethyl adjacent to an activating group) is 1. The molecule has 0 aromatic heterocycles. The maximum absolute atomic E-state index is 12.6. The quantitative estimate of drug-likeness (QED) is 0.832. The summed E-state index contributed by atoms with van der Waals surface area (Å²) in [6.07, 6.45) is 2.57. The van der Waals surface area contributed by atoms with Gasteiger partial charge in [-0.2, -0.15) is 0 Å². The lowest BCUT2D eigenvalue weighted by Gasteiger charge is -2.25.